The molecule has 0 aliphatic rings. The smallest absolute Gasteiger partial charge is 0.227 e. The predicted molar refractivity (Wildman–Crippen MR) is 122 cm³/mol. The Balaban J connectivity index is 1.53. The number of halogens is 1. The van der Waals surface area contributed by atoms with Crippen LogP contribution in [0.15, 0.2) is 91.8 Å². The predicted octanol–water partition coefficient (Wildman–Crippen LogP) is 5.67. The summed E-state index contributed by atoms with van der Waals surface area (Å²) in [5, 5.41) is 3.13. The lowest BCUT2D eigenvalue weighted by molar-refractivity contribution is 0.461. The summed E-state index contributed by atoms with van der Waals surface area (Å²) < 4.78 is 19.8. The SMILES string of the molecule is C=C/C=C(\C=C/N)c1cccnc1Oc1ccc(Nc2nc3c(F)cccc3[nH]2)cc1. The van der Waals surface area contributed by atoms with Gasteiger partial charge in [-0.05, 0) is 66.4 Å². The molecule has 2 heterocycles. The van der Waals surface area contributed by atoms with Crippen molar-refractivity contribution in [2.24, 2.45) is 5.73 Å². The molecule has 154 valence electrons. The Hall–Kier alpha value is -4.39. The van der Waals surface area contributed by atoms with Crippen LogP contribution in [0.25, 0.3) is 16.6 Å². The van der Waals surface area contributed by atoms with Crippen molar-refractivity contribution >= 4 is 28.2 Å². The van der Waals surface area contributed by atoms with E-state index in [2.05, 4.69) is 26.8 Å². The molecule has 4 rings (SSSR count). The first-order valence-electron chi connectivity index (χ1n) is 9.53. The van der Waals surface area contributed by atoms with E-state index in [0.717, 1.165) is 16.8 Å². The number of benzene rings is 2. The minimum Gasteiger partial charge on any atom is -0.438 e. The van der Waals surface area contributed by atoms with E-state index in [4.69, 9.17) is 10.5 Å². The highest BCUT2D eigenvalue weighted by atomic mass is 19.1. The third-order valence-corrected chi connectivity index (χ3v) is 4.45. The van der Waals surface area contributed by atoms with Gasteiger partial charge in [0.25, 0.3) is 0 Å². The van der Waals surface area contributed by atoms with Crippen LogP contribution in [0.3, 0.4) is 0 Å². The molecule has 4 N–H and O–H groups in total. The molecule has 2 aromatic carbocycles. The van der Waals surface area contributed by atoms with Gasteiger partial charge in [-0.2, -0.15) is 0 Å². The van der Waals surface area contributed by atoms with E-state index < -0.39 is 0 Å². The summed E-state index contributed by atoms with van der Waals surface area (Å²) in [5.41, 5.74) is 8.87. The Morgan fingerprint density at radius 1 is 1.13 bits per heavy atom. The zero-order valence-corrected chi connectivity index (χ0v) is 16.5. The van der Waals surface area contributed by atoms with Crippen LogP contribution in [0.2, 0.25) is 0 Å². The highest BCUT2D eigenvalue weighted by Gasteiger charge is 2.10. The number of anilines is 2. The lowest BCUT2D eigenvalue weighted by Crippen LogP contribution is -1.95. The third-order valence-electron chi connectivity index (χ3n) is 4.45. The number of allylic oxidation sites excluding steroid dienone is 4. The largest absolute Gasteiger partial charge is 0.438 e. The van der Waals surface area contributed by atoms with Crippen molar-refractivity contribution in [3.8, 4) is 11.6 Å². The second kappa shape index (κ2) is 8.96. The normalized spacial score (nSPS) is 11.7. The number of nitrogens with two attached hydrogens (primary N) is 1. The highest BCUT2D eigenvalue weighted by Crippen LogP contribution is 2.30. The molecule has 0 fully saturated rings. The van der Waals surface area contributed by atoms with Crippen LogP contribution >= 0.6 is 0 Å². The summed E-state index contributed by atoms with van der Waals surface area (Å²) in [6.45, 7) is 3.74. The van der Waals surface area contributed by atoms with Crippen LogP contribution in [0.5, 0.6) is 11.6 Å². The average molecular weight is 413 g/mol. The number of rotatable bonds is 7. The number of pyridine rings is 1. The first kappa shape index (κ1) is 19.9. The quantitative estimate of drug-likeness (QED) is 0.340. The molecule has 0 unspecified atom stereocenters. The molecular formula is C24H20FN5O. The maximum Gasteiger partial charge on any atom is 0.227 e. The number of H-pyrrole nitrogens is 1. The molecule has 0 radical (unpaired) electrons. The van der Waals surface area contributed by atoms with Gasteiger partial charge < -0.3 is 20.8 Å². The number of para-hydroxylation sites is 1. The zero-order valence-electron chi connectivity index (χ0n) is 16.5. The third kappa shape index (κ3) is 4.45. The highest BCUT2D eigenvalue weighted by molar-refractivity contribution is 5.79. The Bertz CT molecular complexity index is 1270. The van der Waals surface area contributed by atoms with Crippen molar-refractivity contribution in [3.05, 3.63) is 103 Å². The minimum atomic E-state index is -0.369. The van der Waals surface area contributed by atoms with Gasteiger partial charge in [0.2, 0.25) is 11.8 Å². The number of aromatic amines is 1. The topological polar surface area (TPSA) is 88.8 Å². The van der Waals surface area contributed by atoms with E-state index in [1.54, 1.807) is 42.6 Å². The van der Waals surface area contributed by atoms with Gasteiger partial charge in [-0.3, -0.25) is 0 Å². The van der Waals surface area contributed by atoms with Gasteiger partial charge in [-0.15, -0.1) is 0 Å². The van der Waals surface area contributed by atoms with Crippen molar-refractivity contribution in [3.63, 3.8) is 0 Å². The van der Waals surface area contributed by atoms with Crippen molar-refractivity contribution < 1.29 is 9.13 Å². The number of fused-ring (bicyclic) bond motifs is 1. The summed E-state index contributed by atoms with van der Waals surface area (Å²) >= 11 is 0. The fraction of sp³-hybridized carbons (Fsp3) is 0. The number of hydrogen-bond acceptors (Lipinski definition) is 5. The first-order valence-corrected chi connectivity index (χ1v) is 9.53. The molecule has 0 bridgehead atoms. The lowest BCUT2D eigenvalue weighted by Gasteiger charge is -2.11. The van der Waals surface area contributed by atoms with Crippen LogP contribution in [0.1, 0.15) is 5.56 Å². The number of hydrogen-bond donors (Lipinski definition) is 3. The maximum atomic E-state index is 13.8. The Kier molecular flexibility index (Phi) is 5.75. The summed E-state index contributed by atoms with van der Waals surface area (Å²) in [7, 11) is 0. The van der Waals surface area contributed by atoms with Gasteiger partial charge in [0, 0.05) is 17.4 Å². The van der Waals surface area contributed by atoms with E-state index in [1.165, 1.54) is 12.3 Å². The van der Waals surface area contributed by atoms with E-state index in [-0.39, 0.29) is 5.82 Å². The fourth-order valence-corrected chi connectivity index (χ4v) is 3.07. The summed E-state index contributed by atoms with van der Waals surface area (Å²) in [6, 6.07) is 15.8. The molecule has 2 aromatic heterocycles. The van der Waals surface area contributed by atoms with Crippen molar-refractivity contribution in [1.29, 1.82) is 0 Å². The molecule has 4 aromatic rings. The Morgan fingerprint density at radius 2 is 1.97 bits per heavy atom. The van der Waals surface area contributed by atoms with Crippen molar-refractivity contribution in [2.75, 3.05) is 5.32 Å². The molecule has 0 atom stereocenters. The molecule has 0 aliphatic carbocycles. The summed E-state index contributed by atoms with van der Waals surface area (Å²) in [5.74, 6) is 1.14. The fourth-order valence-electron chi connectivity index (χ4n) is 3.07. The number of nitrogens with zero attached hydrogens (tertiary/aromatic N) is 2. The standard InChI is InChI=1S/C24H20FN5O/c1-2-5-16(13-14-26)19-6-4-15-27-23(19)31-18-11-9-17(10-12-18)28-24-29-21-8-3-7-20(25)22(21)30-24/h2-15H,1,26H2,(H2,28,29,30)/b14-13-,16-5+. The van der Waals surface area contributed by atoms with Crippen LogP contribution in [0, 0.1) is 5.82 Å². The lowest BCUT2D eigenvalue weighted by atomic mass is 10.1. The van der Waals surface area contributed by atoms with Gasteiger partial charge in [-0.25, -0.2) is 14.4 Å². The molecule has 0 saturated carbocycles. The molecule has 0 spiro atoms. The molecule has 31 heavy (non-hydrogen) atoms. The molecule has 7 heteroatoms. The first-order chi connectivity index (χ1) is 15.2. The van der Waals surface area contributed by atoms with Crippen LogP contribution in [0.4, 0.5) is 16.0 Å². The van der Waals surface area contributed by atoms with Gasteiger partial charge >= 0.3 is 0 Å². The van der Waals surface area contributed by atoms with Crippen molar-refractivity contribution in [1.82, 2.24) is 15.0 Å². The number of aromatic nitrogens is 3. The van der Waals surface area contributed by atoms with Gasteiger partial charge in [-0.1, -0.05) is 24.8 Å². The van der Waals surface area contributed by atoms with Crippen LogP contribution in [-0.4, -0.2) is 15.0 Å². The monoisotopic (exact) mass is 413 g/mol. The van der Waals surface area contributed by atoms with Crippen LogP contribution in [-0.2, 0) is 0 Å². The molecule has 6 nitrogen and oxygen atoms in total. The van der Waals surface area contributed by atoms with E-state index in [0.29, 0.717) is 28.6 Å². The number of imidazole rings is 1. The molecule has 0 aliphatic heterocycles. The van der Waals surface area contributed by atoms with Gasteiger partial charge in [0.1, 0.15) is 11.3 Å². The Morgan fingerprint density at radius 3 is 2.71 bits per heavy atom. The van der Waals surface area contributed by atoms with E-state index >= 15 is 0 Å². The number of ether oxygens (including phenoxy) is 1. The van der Waals surface area contributed by atoms with Crippen LogP contribution < -0.4 is 15.8 Å². The van der Waals surface area contributed by atoms with E-state index in [9.17, 15) is 4.39 Å². The zero-order chi connectivity index (χ0) is 21.6. The minimum absolute atomic E-state index is 0.294. The second-order valence-corrected chi connectivity index (χ2v) is 6.55. The average Bonchev–Trinajstić information content (AvgIpc) is 3.19. The van der Waals surface area contributed by atoms with Gasteiger partial charge in [0.05, 0.1) is 5.52 Å². The van der Waals surface area contributed by atoms with Crippen molar-refractivity contribution in [2.45, 2.75) is 0 Å². The molecule has 0 amide bonds. The Labute approximate surface area is 178 Å². The molecular weight excluding hydrogens is 393 g/mol. The van der Waals surface area contributed by atoms with E-state index in [1.807, 2.05) is 30.3 Å². The van der Waals surface area contributed by atoms with Gasteiger partial charge in [0.15, 0.2) is 5.82 Å². The summed E-state index contributed by atoms with van der Waals surface area (Å²) in [4.78, 5) is 11.6. The second-order valence-electron chi connectivity index (χ2n) is 6.55. The maximum absolute atomic E-state index is 13.8. The summed E-state index contributed by atoms with van der Waals surface area (Å²) in [6.07, 6.45) is 8.38. The number of nitrogens with one attached hydrogen (secondary N) is 2. The molecule has 0 saturated heterocycles.